The highest BCUT2D eigenvalue weighted by atomic mass is 16.1. The molecule has 1 amide bonds. The van der Waals surface area contributed by atoms with Gasteiger partial charge in [0.1, 0.15) is 0 Å². The van der Waals surface area contributed by atoms with E-state index in [0.29, 0.717) is 12.5 Å². The van der Waals surface area contributed by atoms with Gasteiger partial charge in [-0.05, 0) is 31.0 Å². The molecule has 0 bridgehead atoms. The van der Waals surface area contributed by atoms with E-state index in [4.69, 9.17) is 5.73 Å². The summed E-state index contributed by atoms with van der Waals surface area (Å²) in [6, 6.07) is 4.48. The summed E-state index contributed by atoms with van der Waals surface area (Å²) < 4.78 is 0. The molecule has 4 heteroatoms. The van der Waals surface area contributed by atoms with Crippen LogP contribution in [0.15, 0.2) is 24.5 Å². The second-order valence-electron chi connectivity index (χ2n) is 4.55. The Labute approximate surface area is 102 Å². The van der Waals surface area contributed by atoms with Crippen molar-refractivity contribution in [2.24, 2.45) is 5.73 Å². The highest BCUT2D eigenvalue weighted by Gasteiger charge is 2.23. The zero-order chi connectivity index (χ0) is 12.1. The number of nitrogens with two attached hydrogens (primary N) is 1. The maximum Gasteiger partial charge on any atom is 0.218 e. The number of primary amides is 1. The van der Waals surface area contributed by atoms with Crippen molar-refractivity contribution < 1.29 is 4.79 Å². The fourth-order valence-corrected chi connectivity index (χ4v) is 2.46. The van der Waals surface area contributed by atoms with Gasteiger partial charge in [0.15, 0.2) is 0 Å². The van der Waals surface area contributed by atoms with E-state index in [1.165, 1.54) is 18.4 Å². The van der Waals surface area contributed by atoms with Crippen LogP contribution in [0.5, 0.6) is 0 Å². The van der Waals surface area contributed by atoms with Gasteiger partial charge in [-0.15, -0.1) is 0 Å². The third kappa shape index (κ3) is 3.27. The molecule has 0 spiro atoms. The molecule has 92 valence electrons. The molecule has 1 aromatic heterocycles. The molecule has 0 saturated carbocycles. The number of pyridine rings is 1. The van der Waals surface area contributed by atoms with E-state index in [1.807, 2.05) is 12.3 Å². The van der Waals surface area contributed by atoms with Crippen molar-refractivity contribution in [3.63, 3.8) is 0 Å². The van der Waals surface area contributed by atoms with Crippen molar-refractivity contribution in [3.05, 3.63) is 30.1 Å². The van der Waals surface area contributed by atoms with Gasteiger partial charge in [-0.1, -0.05) is 12.5 Å². The highest BCUT2D eigenvalue weighted by molar-refractivity contribution is 5.73. The summed E-state index contributed by atoms with van der Waals surface area (Å²) in [5.41, 5.74) is 6.46. The summed E-state index contributed by atoms with van der Waals surface area (Å²) in [5, 5.41) is 0. The highest BCUT2D eigenvalue weighted by Crippen LogP contribution is 2.30. The van der Waals surface area contributed by atoms with E-state index in [1.54, 1.807) is 6.20 Å². The molecule has 1 atom stereocenters. The van der Waals surface area contributed by atoms with E-state index in [2.05, 4.69) is 16.0 Å². The molecule has 1 aliphatic rings. The first-order valence-corrected chi connectivity index (χ1v) is 6.19. The average molecular weight is 233 g/mol. The molecule has 1 aromatic rings. The van der Waals surface area contributed by atoms with Gasteiger partial charge >= 0.3 is 0 Å². The van der Waals surface area contributed by atoms with Crippen LogP contribution in [-0.2, 0) is 4.79 Å². The second-order valence-corrected chi connectivity index (χ2v) is 4.55. The minimum atomic E-state index is -0.222. The summed E-state index contributed by atoms with van der Waals surface area (Å²) in [6.07, 6.45) is 7.75. The normalized spacial score (nSPS) is 21.3. The molecule has 0 radical (unpaired) electrons. The molecule has 1 saturated heterocycles. The van der Waals surface area contributed by atoms with Crippen LogP contribution in [0, 0.1) is 0 Å². The van der Waals surface area contributed by atoms with Crippen molar-refractivity contribution in [2.45, 2.75) is 31.7 Å². The largest absolute Gasteiger partial charge is 0.370 e. The Bertz CT molecular complexity index is 366. The Morgan fingerprint density at radius 3 is 3.12 bits per heavy atom. The molecule has 1 aliphatic heterocycles. The predicted octanol–water partition coefficient (Wildman–Crippen LogP) is 1.48. The van der Waals surface area contributed by atoms with Crippen molar-refractivity contribution in [1.29, 1.82) is 0 Å². The quantitative estimate of drug-likeness (QED) is 0.857. The van der Waals surface area contributed by atoms with Gasteiger partial charge in [0.05, 0.1) is 0 Å². The Kier molecular flexibility index (Phi) is 4.09. The lowest BCUT2D eigenvalue weighted by atomic mass is 9.96. The van der Waals surface area contributed by atoms with Crippen LogP contribution in [0.25, 0.3) is 0 Å². The standard InChI is InChI=1S/C13H19N3O/c14-13(17)6-9-16-8-2-1-5-12(16)11-4-3-7-15-10-11/h3-4,7,10,12H,1-2,5-6,8-9H2,(H2,14,17)/t12-/m1/s1. The first-order chi connectivity index (χ1) is 8.27. The van der Waals surface area contributed by atoms with E-state index in [0.717, 1.165) is 19.5 Å². The van der Waals surface area contributed by atoms with Gasteiger partial charge in [0.2, 0.25) is 5.91 Å². The van der Waals surface area contributed by atoms with Crippen LogP contribution in [0.1, 0.15) is 37.3 Å². The van der Waals surface area contributed by atoms with Gasteiger partial charge < -0.3 is 5.73 Å². The smallest absolute Gasteiger partial charge is 0.218 e. The second kappa shape index (κ2) is 5.77. The van der Waals surface area contributed by atoms with Gasteiger partial charge in [-0.3, -0.25) is 14.7 Å². The summed E-state index contributed by atoms with van der Waals surface area (Å²) in [7, 11) is 0. The lowest BCUT2D eigenvalue weighted by molar-refractivity contribution is -0.118. The average Bonchev–Trinajstić information content (AvgIpc) is 2.38. The molecule has 1 fully saturated rings. The zero-order valence-corrected chi connectivity index (χ0v) is 10.0. The van der Waals surface area contributed by atoms with Crippen molar-refractivity contribution in [2.75, 3.05) is 13.1 Å². The molecule has 0 unspecified atom stereocenters. The molecule has 0 aliphatic carbocycles. The number of hydrogen-bond donors (Lipinski definition) is 1. The van der Waals surface area contributed by atoms with Gasteiger partial charge in [0, 0.05) is 31.4 Å². The third-order valence-electron chi connectivity index (χ3n) is 3.33. The Hall–Kier alpha value is -1.42. The van der Waals surface area contributed by atoms with Crippen molar-refractivity contribution >= 4 is 5.91 Å². The number of carbonyl (C=O) groups excluding carboxylic acids is 1. The SMILES string of the molecule is NC(=O)CCN1CCCC[C@@H]1c1cccnc1. The molecule has 4 nitrogen and oxygen atoms in total. The Balaban J connectivity index is 2.04. The number of amides is 1. The number of nitrogens with zero attached hydrogens (tertiary/aromatic N) is 2. The number of aromatic nitrogens is 1. The van der Waals surface area contributed by atoms with E-state index in [-0.39, 0.29) is 5.91 Å². The first kappa shape index (κ1) is 12.0. The van der Waals surface area contributed by atoms with Crippen LogP contribution < -0.4 is 5.73 Å². The topological polar surface area (TPSA) is 59.2 Å². The number of piperidine rings is 1. The minimum Gasteiger partial charge on any atom is -0.370 e. The van der Waals surface area contributed by atoms with Gasteiger partial charge in [-0.2, -0.15) is 0 Å². The summed E-state index contributed by atoms with van der Waals surface area (Å²) in [6.45, 7) is 1.81. The molecule has 0 aromatic carbocycles. The predicted molar refractivity (Wildman–Crippen MR) is 66.2 cm³/mol. The van der Waals surface area contributed by atoms with Crippen molar-refractivity contribution in [3.8, 4) is 0 Å². The number of hydrogen-bond acceptors (Lipinski definition) is 3. The van der Waals surface area contributed by atoms with Crippen LogP contribution in [-0.4, -0.2) is 28.9 Å². The van der Waals surface area contributed by atoms with E-state index >= 15 is 0 Å². The Morgan fingerprint density at radius 2 is 2.41 bits per heavy atom. The van der Waals surface area contributed by atoms with Crippen LogP contribution >= 0.6 is 0 Å². The monoisotopic (exact) mass is 233 g/mol. The summed E-state index contributed by atoms with van der Waals surface area (Å²) >= 11 is 0. The minimum absolute atomic E-state index is 0.222. The molecule has 2 N–H and O–H groups in total. The molecular formula is C13H19N3O. The van der Waals surface area contributed by atoms with Gasteiger partial charge in [-0.25, -0.2) is 0 Å². The Morgan fingerprint density at radius 1 is 1.53 bits per heavy atom. The molecule has 17 heavy (non-hydrogen) atoms. The molecular weight excluding hydrogens is 214 g/mol. The lowest BCUT2D eigenvalue weighted by Crippen LogP contribution is -2.35. The van der Waals surface area contributed by atoms with Crippen LogP contribution in [0.4, 0.5) is 0 Å². The van der Waals surface area contributed by atoms with Gasteiger partial charge in [0.25, 0.3) is 0 Å². The van der Waals surface area contributed by atoms with E-state index in [9.17, 15) is 4.79 Å². The number of rotatable bonds is 4. The summed E-state index contributed by atoms with van der Waals surface area (Å²) in [4.78, 5) is 17.4. The molecule has 2 heterocycles. The van der Waals surface area contributed by atoms with Crippen molar-refractivity contribution in [1.82, 2.24) is 9.88 Å². The molecule has 2 rings (SSSR count). The maximum atomic E-state index is 10.9. The first-order valence-electron chi connectivity index (χ1n) is 6.19. The maximum absolute atomic E-state index is 10.9. The number of carbonyl (C=O) groups is 1. The van der Waals surface area contributed by atoms with Crippen LogP contribution in [0.2, 0.25) is 0 Å². The fourth-order valence-electron chi connectivity index (χ4n) is 2.46. The zero-order valence-electron chi connectivity index (χ0n) is 10.0. The third-order valence-corrected chi connectivity index (χ3v) is 3.33. The summed E-state index contributed by atoms with van der Waals surface area (Å²) in [5.74, 6) is -0.222. The fraction of sp³-hybridized carbons (Fsp3) is 0.538. The van der Waals surface area contributed by atoms with Crippen LogP contribution in [0.3, 0.4) is 0 Å². The number of likely N-dealkylation sites (tertiary alicyclic amines) is 1. The lowest BCUT2D eigenvalue weighted by Gasteiger charge is -2.35. The van der Waals surface area contributed by atoms with E-state index < -0.39 is 0 Å².